The molecule has 3 aromatic rings. The molecule has 152 valence electrons. The quantitative estimate of drug-likeness (QED) is 0.635. The number of fused-ring (bicyclic) bond motifs is 1. The van der Waals surface area contributed by atoms with Gasteiger partial charge in [0.25, 0.3) is 0 Å². The summed E-state index contributed by atoms with van der Waals surface area (Å²) in [6.07, 6.45) is 3.50. The van der Waals surface area contributed by atoms with Crippen molar-refractivity contribution in [3.63, 3.8) is 0 Å². The van der Waals surface area contributed by atoms with E-state index in [2.05, 4.69) is 10.3 Å². The maximum absolute atomic E-state index is 12.4. The number of anilines is 1. The SMILES string of the molecule is O=C(CN1C(=O)CSc2ccccc21)NCc1ccc(OCc2cccnc2)cc1. The number of amides is 2. The molecule has 2 aromatic carbocycles. The molecule has 30 heavy (non-hydrogen) atoms. The number of aromatic nitrogens is 1. The van der Waals surface area contributed by atoms with Crippen molar-refractivity contribution >= 4 is 29.3 Å². The van der Waals surface area contributed by atoms with E-state index in [-0.39, 0.29) is 18.4 Å². The highest BCUT2D eigenvalue weighted by Crippen LogP contribution is 2.34. The van der Waals surface area contributed by atoms with Gasteiger partial charge in [-0.15, -0.1) is 11.8 Å². The summed E-state index contributed by atoms with van der Waals surface area (Å²) in [7, 11) is 0. The number of hydrogen-bond donors (Lipinski definition) is 1. The van der Waals surface area contributed by atoms with E-state index in [4.69, 9.17) is 4.74 Å². The minimum Gasteiger partial charge on any atom is -0.489 e. The first-order valence-corrected chi connectivity index (χ1v) is 10.6. The van der Waals surface area contributed by atoms with Crippen molar-refractivity contribution < 1.29 is 14.3 Å². The Bertz CT molecular complexity index is 1030. The second-order valence-electron chi connectivity index (χ2n) is 6.81. The Morgan fingerprint density at radius 3 is 2.70 bits per heavy atom. The lowest BCUT2D eigenvalue weighted by Gasteiger charge is -2.28. The normalized spacial score (nSPS) is 12.9. The molecule has 0 spiro atoms. The van der Waals surface area contributed by atoms with Gasteiger partial charge in [0.1, 0.15) is 18.9 Å². The second kappa shape index (κ2) is 9.45. The zero-order chi connectivity index (χ0) is 20.8. The van der Waals surface area contributed by atoms with Crippen molar-refractivity contribution in [2.75, 3.05) is 17.2 Å². The number of rotatable bonds is 7. The number of nitrogens with zero attached hydrogens (tertiary/aromatic N) is 2. The van der Waals surface area contributed by atoms with Gasteiger partial charge in [0.2, 0.25) is 11.8 Å². The maximum atomic E-state index is 12.4. The third kappa shape index (κ3) is 4.99. The fraction of sp³-hybridized carbons (Fsp3) is 0.174. The van der Waals surface area contributed by atoms with Crippen LogP contribution in [0, 0.1) is 0 Å². The Labute approximate surface area is 179 Å². The van der Waals surface area contributed by atoms with Gasteiger partial charge in [-0.2, -0.15) is 0 Å². The van der Waals surface area contributed by atoms with Gasteiger partial charge in [-0.3, -0.25) is 14.6 Å². The highest BCUT2D eigenvalue weighted by Gasteiger charge is 2.26. The Hall–Kier alpha value is -3.32. The average Bonchev–Trinajstić information content (AvgIpc) is 2.79. The number of hydrogen-bond acceptors (Lipinski definition) is 5. The minimum absolute atomic E-state index is 0.0166. The van der Waals surface area contributed by atoms with Crippen LogP contribution in [0.4, 0.5) is 5.69 Å². The Morgan fingerprint density at radius 1 is 1.07 bits per heavy atom. The summed E-state index contributed by atoms with van der Waals surface area (Å²) < 4.78 is 5.74. The monoisotopic (exact) mass is 419 g/mol. The predicted molar refractivity (Wildman–Crippen MR) is 116 cm³/mol. The highest BCUT2D eigenvalue weighted by atomic mass is 32.2. The van der Waals surface area contributed by atoms with Crippen molar-refractivity contribution in [2.24, 2.45) is 0 Å². The van der Waals surface area contributed by atoms with E-state index in [0.717, 1.165) is 27.5 Å². The van der Waals surface area contributed by atoms with E-state index < -0.39 is 0 Å². The molecule has 0 fully saturated rings. The number of nitrogens with one attached hydrogen (secondary N) is 1. The first kappa shape index (κ1) is 20.0. The van der Waals surface area contributed by atoms with Crippen molar-refractivity contribution in [1.82, 2.24) is 10.3 Å². The van der Waals surface area contributed by atoms with Gasteiger partial charge < -0.3 is 15.0 Å². The van der Waals surface area contributed by atoms with Crippen LogP contribution < -0.4 is 15.0 Å². The summed E-state index contributed by atoms with van der Waals surface area (Å²) in [6.45, 7) is 0.858. The van der Waals surface area contributed by atoms with Crippen LogP contribution in [0.5, 0.6) is 5.75 Å². The fourth-order valence-corrected chi connectivity index (χ4v) is 4.02. The number of carbonyl (C=O) groups is 2. The summed E-state index contributed by atoms with van der Waals surface area (Å²) in [5, 5.41) is 2.89. The number of benzene rings is 2. The maximum Gasteiger partial charge on any atom is 0.240 e. The molecule has 1 aliphatic heterocycles. The molecule has 6 nitrogen and oxygen atoms in total. The van der Waals surface area contributed by atoms with Crippen molar-refractivity contribution in [3.05, 3.63) is 84.2 Å². The fourth-order valence-electron chi connectivity index (χ4n) is 3.08. The standard InChI is InChI=1S/C23H21N3O3S/c27-22(14-26-20-5-1-2-6-21(20)30-16-23(26)28)25-13-17-7-9-19(10-8-17)29-15-18-4-3-11-24-12-18/h1-12H,13-16H2,(H,25,27). The second-order valence-corrected chi connectivity index (χ2v) is 7.82. The van der Waals surface area contributed by atoms with Gasteiger partial charge in [0.05, 0.1) is 11.4 Å². The van der Waals surface area contributed by atoms with Gasteiger partial charge >= 0.3 is 0 Å². The van der Waals surface area contributed by atoms with Crippen LogP contribution in [0.15, 0.2) is 78.0 Å². The molecule has 1 aromatic heterocycles. The van der Waals surface area contributed by atoms with Crippen LogP contribution in [-0.4, -0.2) is 29.1 Å². The Morgan fingerprint density at radius 2 is 1.90 bits per heavy atom. The molecule has 4 rings (SSSR count). The lowest BCUT2D eigenvalue weighted by molar-refractivity contribution is -0.123. The number of carbonyl (C=O) groups excluding carboxylic acids is 2. The lowest BCUT2D eigenvalue weighted by atomic mass is 10.2. The molecule has 0 aliphatic carbocycles. The molecular weight excluding hydrogens is 398 g/mol. The summed E-state index contributed by atoms with van der Waals surface area (Å²) in [5.74, 6) is 0.859. The van der Waals surface area contributed by atoms with Gasteiger partial charge in [-0.05, 0) is 35.9 Å². The van der Waals surface area contributed by atoms with E-state index in [1.165, 1.54) is 11.8 Å². The van der Waals surface area contributed by atoms with Crippen molar-refractivity contribution in [1.29, 1.82) is 0 Å². The molecule has 2 heterocycles. The van der Waals surface area contributed by atoms with Crippen LogP contribution in [0.2, 0.25) is 0 Å². The molecule has 0 radical (unpaired) electrons. The molecular formula is C23H21N3O3S. The van der Waals surface area contributed by atoms with Crippen LogP contribution >= 0.6 is 11.8 Å². The Kier molecular flexibility index (Phi) is 6.29. The van der Waals surface area contributed by atoms with Crippen LogP contribution in [0.1, 0.15) is 11.1 Å². The van der Waals surface area contributed by atoms with Gasteiger partial charge in [-0.25, -0.2) is 0 Å². The van der Waals surface area contributed by atoms with Gasteiger partial charge in [0, 0.05) is 29.4 Å². The molecule has 0 saturated carbocycles. The van der Waals surface area contributed by atoms with E-state index in [9.17, 15) is 9.59 Å². The molecule has 0 atom stereocenters. The van der Waals surface area contributed by atoms with Crippen molar-refractivity contribution in [3.8, 4) is 5.75 Å². The van der Waals surface area contributed by atoms with Crippen LogP contribution in [-0.2, 0) is 22.7 Å². The first-order chi connectivity index (χ1) is 14.7. The van der Waals surface area contributed by atoms with Gasteiger partial charge in [0.15, 0.2) is 0 Å². The van der Waals surface area contributed by atoms with E-state index in [0.29, 0.717) is 18.9 Å². The largest absolute Gasteiger partial charge is 0.489 e. The summed E-state index contributed by atoms with van der Waals surface area (Å²) in [4.78, 5) is 31.3. The zero-order valence-electron chi connectivity index (χ0n) is 16.3. The topological polar surface area (TPSA) is 71.5 Å². The number of thioether (sulfide) groups is 1. The van der Waals surface area contributed by atoms with E-state index >= 15 is 0 Å². The van der Waals surface area contributed by atoms with Crippen molar-refractivity contribution in [2.45, 2.75) is 18.0 Å². The third-order valence-corrected chi connectivity index (χ3v) is 5.70. The summed E-state index contributed by atoms with van der Waals surface area (Å²) >= 11 is 1.50. The van der Waals surface area contributed by atoms with E-state index in [1.807, 2.05) is 60.7 Å². The molecule has 0 saturated heterocycles. The van der Waals surface area contributed by atoms with Gasteiger partial charge in [-0.1, -0.05) is 30.3 Å². The smallest absolute Gasteiger partial charge is 0.240 e. The zero-order valence-corrected chi connectivity index (χ0v) is 17.1. The van der Waals surface area contributed by atoms with Crippen LogP contribution in [0.25, 0.3) is 0 Å². The minimum atomic E-state index is -0.193. The molecule has 0 unspecified atom stereocenters. The Balaban J connectivity index is 1.28. The summed E-state index contributed by atoms with van der Waals surface area (Å²) in [6, 6.07) is 19.1. The predicted octanol–water partition coefficient (Wildman–Crippen LogP) is 3.42. The molecule has 0 bridgehead atoms. The number of ether oxygens (including phenoxy) is 1. The highest BCUT2D eigenvalue weighted by molar-refractivity contribution is 8.00. The lowest BCUT2D eigenvalue weighted by Crippen LogP contribution is -2.43. The van der Waals surface area contributed by atoms with E-state index in [1.54, 1.807) is 17.3 Å². The third-order valence-electron chi connectivity index (χ3n) is 4.65. The molecule has 7 heteroatoms. The molecule has 1 aliphatic rings. The van der Waals surface area contributed by atoms with Crippen LogP contribution in [0.3, 0.4) is 0 Å². The first-order valence-electron chi connectivity index (χ1n) is 9.58. The molecule has 1 N–H and O–H groups in total. The number of pyridine rings is 1. The average molecular weight is 420 g/mol. The molecule has 2 amide bonds. The number of para-hydroxylation sites is 1. The summed E-state index contributed by atoms with van der Waals surface area (Å²) in [5.41, 5.74) is 2.75.